The molecule has 0 aliphatic heterocycles. The number of carbonyl (C=O) groups is 1. The molecule has 0 spiro atoms. The Kier molecular flexibility index (Phi) is 42.9. The first-order valence-electron chi connectivity index (χ1n) is 26.0. The van der Waals surface area contributed by atoms with E-state index in [9.17, 15) is 19.4 Å². The van der Waals surface area contributed by atoms with Gasteiger partial charge in [-0.25, -0.2) is 0 Å². The van der Waals surface area contributed by atoms with Crippen LogP contribution >= 0.6 is 7.82 Å². The highest BCUT2D eigenvalue weighted by Gasteiger charge is 2.24. The fraction of sp³-hybridized carbons (Fsp3) is 0.941. The number of hydrogen-bond donors (Lipinski definition) is 2. The molecular formula is C51H103N2O6P. The Labute approximate surface area is 373 Å². The number of carbonyl (C=O) groups excluding carboxylic acids is 1. The Balaban J connectivity index is 4.14. The van der Waals surface area contributed by atoms with Crippen molar-refractivity contribution in [2.24, 2.45) is 0 Å². The molecular weight excluding hydrogens is 768 g/mol. The summed E-state index contributed by atoms with van der Waals surface area (Å²) in [4.78, 5) is 25.4. The zero-order valence-corrected chi connectivity index (χ0v) is 41.6. The van der Waals surface area contributed by atoms with Crippen molar-refractivity contribution in [2.75, 3.05) is 40.9 Å². The van der Waals surface area contributed by atoms with Crippen molar-refractivity contribution in [3.63, 3.8) is 0 Å². The molecule has 0 aromatic rings. The predicted octanol–water partition coefficient (Wildman–Crippen LogP) is 14.5. The van der Waals surface area contributed by atoms with E-state index in [1.807, 2.05) is 21.1 Å². The number of rotatable bonds is 48. The van der Waals surface area contributed by atoms with E-state index >= 15 is 0 Å². The van der Waals surface area contributed by atoms with E-state index < -0.39 is 20.0 Å². The van der Waals surface area contributed by atoms with Gasteiger partial charge in [0, 0.05) is 6.42 Å². The summed E-state index contributed by atoms with van der Waals surface area (Å²) in [5.41, 5.74) is 0. The van der Waals surface area contributed by atoms with Gasteiger partial charge in [0.05, 0.1) is 39.9 Å². The van der Waals surface area contributed by atoms with Crippen molar-refractivity contribution in [2.45, 2.75) is 270 Å². The van der Waals surface area contributed by atoms with Gasteiger partial charge in [0.15, 0.2) is 0 Å². The van der Waals surface area contributed by atoms with Crippen molar-refractivity contribution in [1.82, 2.24) is 5.32 Å². The minimum absolute atomic E-state index is 0.0127. The number of hydrogen-bond acceptors (Lipinski definition) is 6. The van der Waals surface area contributed by atoms with Gasteiger partial charge in [-0.15, -0.1) is 0 Å². The van der Waals surface area contributed by atoms with Gasteiger partial charge in [0.2, 0.25) is 5.91 Å². The summed E-state index contributed by atoms with van der Waals surface area (Å²) in [7, 11) is 1.31. The Hall–Kier alpha value is -0.760. The zero-order valence-electron chi connectivity index (χ0n) is 40.7. The lowest BCUT2D eigenvalue weighted by Crippen LogP contribution is -2.46. The van der Waals surface area contributed by atoms with E-state index in [-0.39, 0.29) is 19.1 Å². The minimum atomic E-state index is -4.57. The molecule has 0 rings (SSSR count). The maximum Gasteiger partial charge on any atom is 0.268 e. The van der Waals surface area contributed by atoms with Crippen molar-refractivity contribution in [3.05, 3.63) is 12.2 Å². The molecule has 0 saturated carbocycles. The number of nitrogens with zero attached hydrogens (tertiary/aromatic N) is 1. The maximum atomic E-state index is 12.9. The molecule has 60 heavy (non-hydrogen) atoms. The number of unbranched alkanes of at least 4 members (excludes halogenated alkanes) is 33. The monoisotopic (exact) mass is 871 g/mol. The lowest BCUT2D eigenvalue weighted by molar-refractivity contribution is -0.870. The molecule has 3 unspecified atom stereocenters. The molecule has 0 heterocycles. The molecule has 0 saturated heterocycles. The number of quaternary nitrogens is 1. The summed E-state index contributed by atoms with van der Waals surface area (Å²) in [5.74, 6) is -0.171. The van der Waals surface area contributed by atoms with Crippen molar-refractivity contribution >= 4 is 13.7 Å². The summed E-state index contributed by atoms with van der Waals surface area (Å²) >= 11 is 0. The van der Waals surface area contributed by atoms with Crippen LogP contribution in [0.15, 0.2) is 12.2 Å². The molecule has 0 bridgehead atoms. The smallest absolute Gasteiger partial charge is 0.268 e. The predicted molar refractivity (Wildman–Crippen MR) is 256 cm³/mol. The van der Waals surface area contributed by atoms with Crippen LogP contribution < -0.4 is 10.2 Å². The first-order valence-corrected chi connectivity index (χ1v) is 27.5. The summed E-state index contributed by atoms with van der Waals surface area (Å²) in [5, 5.41) is 14.0. The number of likely N-dealkylation sites (N-methyl/N-ethyl adjacent to an activating group) is 1. The third-order valence-electron chi connectivity index (χ3n) is 12.0. The second kappa shape index (κ2) is 43.5. The van der Waals surface area contributed by atoms with Crippen LogP contribution in [0.4, 0.5) is 0 Å². The molecule has 9 heteroatoms. The number of nitrogens with one attached hydrogen (secondary N) is 1. The summed E-state index contributed by atoms with van der Waals surface area (Å²) < 4.78 is 23.3. The third kappa shape index (κ3) is 45.3. The fourth-order valence-corrected chi connectivity index (χ4v) is 8.58. The fourth-order valence-electron chi connectivity index (χ4n) is 7.86. The van der Waals surface area contributed by atoms with Gasteiger partial charge >= 0.3 is 0 Å². The highest BCUT2D eigenvalue weighted by molar-refractivity contribution is 7.45. The Morgan fingerprint density at radius 1 is 0.567 bits per heavy atom. The Bertz CT molecular complexity index is 989. The third-order valence-corrected chi connectivity index (χ3v) is 13.0. The maximum absolute atomic E-state index is 12.9. The Morgan fingerprint density at radius 2 is 0.917 bits per heavy atom. The number of aliphatic hydroxyl groups is 1. The number of aliphatic hydroxyl groups excluding tert-OH is 1. The molecule has 1 amide bonds. The average molecular weight is 871 g/mol. The van der Waals surface area contributed by atoms with Gasteiger partial charge in [-0.05, 0) is 38.5 Å². The van der Waals surface area contributed by atoms with Crippen LogP contribution in [0, 0.1) is 0 Å². The van der Waals surface area contributed by atoms with Crippen molar-refractivity contribution in [1.29, 1.82) is 0 Å². The second-order valence-electron chi connectivity index (χ2n) is 19.2. The first-order chi connectivity index (χ1) is 29.0. The summed E-state index contributed by atoms with van der Waals surface area (Å²) in [6, 6.07) is -0.801. The topological polar surface area (TPSA) is 108 Å². The van der Waals surface area contributed by atoms with E-state index in [0.717, 1.165) is 51.4 Å². The lowest BCUT2D eigenvalue weighted by atomic mass is 10.0. The van der Waals surface area contributed by atoms with Crippen LogP contribution in [-0.4, -0.2) is 68.5 Å². The molecule has 0 aromatic heterocycles. The first kappa shape index (κ1) is 59.2. The molecule has 8 nitrogen and oxygen atoms in total. The molecule has 3 atom stereocenters. The van der Waals surface area contributed by atoms with Crippen LogP contribution in [0.25, 0.3) is 0 Å². The molecule has 2 N–H and O–H groups in total. The summed E-state index contributed by atoms with van der Waals surface area (Å²) in [6.45, 7) is 4.72. The van der Waals surface area contributed by atoms with Gasteiger partial charge in [-0.3, -0.25) is 9.36 Å². The van der Waals surface area contributed by atoms with Crippen LogP contribution in [0.5, 0.6) is 0 Å². The number of allylic oxidation sites excluding steroid dienone is 2. The molecule has 0 fully saturated rings. The SMILES string of the molecule is CCCCCC/C=C\CCCCCCCC(=O)NC(COP(=O)([O-])OCC[N+](C)(C)C)C(O)CCCCCCCCCCCCCCCCCCCCCCCCCCC. The van der Waals surface area contributed by atoms with E-state index in [1.165, 1.54) is 180 Å². The molecule has 358 valence electrons. The van der Waals surface area contributed by atoms with Crippen molar-refractivity contribution < 1.29 is 32.9 Å². The highest BCUT2D eigenvalue weighted by atomic mass is 31.2. The second-order valence-corrected chi connectivity index (χ2v) is 20.6. The van der Waals surface area contributed by atoms with Crippen LogP contribution in [0.3, 0.4) is 0 Å². The largest absolute Gasteiger partial charge is 0.756 e. The molecule has 0 aliphatic rings. The molecule has 0 aromatic carbocycles. The minimum Gasteiger partial charge on any atom is -0.756 e. The van der Waals surface area contributed by atoms with Gasteiger partial charge in [0.25, 0.3) is 7.82 Å². The van der Waals surface area contributed by atoms with Gasteiger partial charge in [-0.2, -0.15) is 0 Å². The zero-order chi connectivity index (χ0) is 44.3. The Morgan fingerprint density at radius 3 is 1.32 bits per heavy atom. The van der Waals surface area contributed by atoms with Gasteiger partial charge < -0.3 is 28.8 Å². The molecule has 0 aliphatic carbocycles. The van der Waals surface area contributed by atoms with E-state index in [4.69, 9.17) is 9.05 Å². The van der Waals surface area contributed by atoms with Crippen LogP contribution in [-0.2, 0) is 18.4 Å². The highest BCUT2D eigenvalue weighted by Crippen LogP contribution is 2.38. The van der Waals surface area contributed by atoms with Crippen molar-refractivity contribution in [3.8, 4) is 0 Å². The number of phosphoric acid groups is 1. The lowest BCUT2D eigenvalue weighted by Gasteiger charge is -2.30. The van der Waals surface area contributed by atoms with Crippen LogP contribution in [0.2, 0.25) is 0 Å². The number of phosphoric ester groups is 1. The van der Waals surface area contributed by atoms with Gasteiger partial charge in [0.1, 0.15) is 13.2 Å². The normalized spacial score (nSPS) is 14.2. The average Bonchev–Trinajstić information content (AvgIpc) is 3.20. The van der Waals surface area contributed by atoms with Gasteiger partial charge in [-0.1, -0.05) is 225 Å². The van der Waals surface area contributed by atoms with E-state index in [0.29, 0.717) is 23.9 Å². The van der Waals surface area contributed by atoms with E-state index in [1.54, 1.807) is 0 Å². The van der Waals surface area contributed by atoms with Crippen LogP contribution in [0.1, 0.15) is 258 Å². The summed E-state index contributed by atoms with van der Waals surface area (Å²) in [6.07, 6.45) is 50.9. The number of amides is 1. The molecule has 0 radical (unpaired) electrons. The van der Waals surface area contributed by atoms with E-state index in [2.05, 4.69) is 31.3 Å². The standard InChI is InChI=1S/C51H103N2O6P/c1-6-8-10-12-14-16-18-20-21-22-23-24-25-26-27-28-29-30-31-33-34-36-38-40-42-44-50(54)49(48-59-60(56,57)58-47-46-53(3,4)5)52-51(55)45-43-41-39-37-35-32-19-17-15-13-11-9-7-2/h17,19,49-50,54H,6-16,18,20-48H2,1-5H3,(H-,52,55,56,57)/b19-17-. The quantitative estimate of drug-likeness (QED) is 0.0273.